The summed E-state index contributed by atoms with van der Waals surface area (Å²) in [6, 6.07) is 4.10. The van der Waals surface area contributed by atoms with Crippen LogP contribution in [-0.4, -0.2) is 62.2 Å². The molecule has 3 rings (SSSR count). The van der Waals surface area contributed by atoms with Crippen LogP contribution in [0.3, 0.4) is 0 Å². The van der Waals surface area contributed by atoms with Gasteiger partial charge in [0.2, 0.25) is 0 Å². The van der Waals surface area contributed by atoms with Crippen molar-refractivity contribution in [3.8, 4) is 11.5 Å². The number of carbonyl (C=O) groups excluding carboxylic acids is 1. The molecule has 0 saturated heterocycles. The van der Waals surface area contributed by atoms with Gasteiger partial charge in [-0.25, -0.2) is 0 Å². The number of amides is 1. The molecule has 2 aliphatic rings. The molecule has 1 atom stereocenters. The van der Waals surface area contributed by atoms with E-state index < -0.39 is 0 Å². The van der Waals surface area contributed by atoms with Crippen molar-refractivity contribution in [1.29, 1.82) is 0 Å². The fourth-order valence-electron chi connectivity index (χ4n) is 3.39. The fourth-order valence-corrected chi connectivity index (χ4v) is 4.67. The highest BCUT2D eigenvalue weighted by Gasteiger charge is 2.33. The Bertz CT molecular complexity index is 814. The summed E-state index contributed by atoms with van der Waals surface area (Å²) >= 11 is 6.91. The van der Waals surface area contributed by atoms with E-state index in [0.29, 0.717) is 30.2 Å². The second kappa shape index (κ2) is 9.52. The van der Waals surface area contributed by atoms with Gasteiger partial charge in [0, 0.05) is 51.1 Å². The first-order valence-corrected chi connectivity index (χ1v) is 10.1. The Labute approximate surface area is 189 Å². The number of anilines is 1. The van der Waals surface area contributed by atoms with Crippen LogP contribution in [0.2, 0.25) is 0 Å². The highest BCUT2D eigenvalue weighted by atomic mass is 79.9. The van der Waals surface area contributed by atoms with Gasteiger partial charge < -0.3 is 23.2 Å². The van der Waals surface area contributed by atoms with E-state index in [-0.39, 0.29) is 24.4 Å². The number of carbonyl (C=O) groups is 1. The first-order valence-electron chi connectivity index (χ1n) is 8.57. The molecule has 0 aromatic heterocycles. The summed E-state index contributed by atoms with van der Waals surface area (Å²) in [5, 5.41) is 0. The predicted molar refractivity (Wildman–Crippen MR) is 121 cm³/mol. The van der Waals surface area contributed by atoms with Gasteiger partial charge in [-0.3, -0.25) is 4.79 Å². The molecule has 1 aromatic carbocycles. The van der Waals surface area contributed by atoms with Crippen molar-refractivity contribution in [2.24, 2.45) is 0 Å². The third-order valence-electron chi connectivity index (χ3n) is 4.87. The summed E-state index contributed by atoms with van der Waals surface area (Å²) in [5.41, 5.74) is 2.66. The van der Waals surface area contributed by atoms with Crippen LogP contribution in [0, 0.1) is 0 Å². The van der Waals surface area contributed by atoms with Gasteiger partial charge in [-0.15, -0.1) is 12.4 Å². The van der Waals surface area contributed by atoms with Gasteiger partial charge in [-0.2, -0.15) is 0 Å². The lowest BCUT2D eigenvalue weighted by atomic mass is 9.95. The lowest BCUT2D eigenvalue weighted by molar-refractivity contribution is -0.115. The third-order valence-corrected chi connectivity index (χ3v) is 5.76. The van der Waals surface area contributed by atoms with Gasteiger partial charge in [-0.1, -0.05) is 0 Å². The van der Waals surface area contributed by atoms with Gasteiger partial charge in [0.05, 0.1) is 26.5 Å². The van der Waals surface area contributed by atoms with E-state index in [2.05, 4.69) is 37.0 Å². The molecule has 2 heterocycles. The van der Waals surface area contributed by atoms with Crippen LogP contribution < -0.4 is 14.4 Å². The monoisotopic (exact) mass is 535 g/mol. The van der Waals surface area contributed by atoms with Gasteiger partial charge in [0.15, 0.2) is 11.5 Å². The maximum atomic E-state index is 13.4. The number of likely N-dealkylation sites (N-methyl/N-ethyl adjacent to an activating group) is 1. The Morgan fingerprint density at radius 2 is 1.86 bits per heavy atom. The molecule has 0 N–H and O–H groups in total. The molecule has 6 nitrogen and oxygen atoms in total. The van der Waals surface area contributed by atoms with Gasteiger partial charge in [0.1, 0.15) is 0 Å². The molecular formula is C19H24Br2ClN3O3. The van der Waals surface area contributed by atoms with E-state index in [1.165, 1.54) is 0 Å². The van der Waals surface area contributed by atoms with Gasteiger partial charge in [-0.05, 0) is 54.2 Å². The van der Waals surface area contributed by atoms with Crippen LogP contribution in [0.5, 0.6) is 11.5 Å². The van der Waals surface area contributed by atoms with E-state index in [4.69, 9.17) is 9.47 Å². The first kappa shape index (κ1) is 23.1. The lowest BCUT2D eigenvalue weighted by Gasteiger charge is -2.38. The molecule has 1 aromatic rings. The SMILES string of the molecule is COc1cc2c(cc1OC)N(C(=O)C1=CC(Br)=CN(Br)C1)CC(N(C)C)C2.Cl. The number of rotatable bonds is 4. The molecule has 1 unspecified atom stereocenters. The number of benzene rings is 1. The zero-order valence-corrected chi connectivity index (χ0v) is 20.2. The Kier molecular flexibility index (Phi) is 7.84. The molecule has 0 radical (unpaired) electrons. The molecular weight excluding hydrogens is 513 g/mol. The largest absolute Gasteiger partial charge is 0.493 e. The van der Waals surface area contributed by atoms with Crippen molar-refractivity contribution in [2.45, 2.75) is 12.5 Å². The maximum Gasteiger partial charge on any atom is 0.256 e. The minimum atomic E-state index is -0.00970. The standard InChI is InChI=1S/C19H23Br2N3O3.ClH/c1-22(2)15-6-12-7-17(26-3)18(27-4)8-16(12)24(11-15)19(25)13-5-14(20)10-23(21)9-13;/h5,7-8,10,15H,6,9,11H2,1-4H3;1H. The van der Waals surface area contributed by atoms with Crippen molar-refractivity contribution in [3.63, 3.8) is 0 Å². The zero-order chi connectivity index (χ0) is 19.7. The van der Waals surface area contributed by atoms with E-state index in [9.17, 15) is 4.79 Å². The average Bonchev–Trinajstić information content (AvgIpc) is 2.64. The highest BCUT2D eigenvalue weighted by Crippen LogP contribution is 2.39. The van der Waals surface area contributed by atoms with Crippen LogP contribution in [0.1, 0.15) is 5.56 Å². The van der Waals surface area contributed by atoms with Crippen LogP contribution in [0.15, 0.2) is 34.5 Å². The summed E-state index contributed by atoms with van der Waals surface area (Å²) in [6.45, 7) is 1.12. The molecule has 0 spiro atoms. The van der Waals surface area contributed by atoms with Crippen LogP contribution in [-0.2, 0) is 11.2 Å². The van der Waals surface area contributed by atoms with E-state index in [1.54, 1.807) is 14.2 Å². The van der Waals surface area contributed by atoms with Crippen LogP contribution in [0.25, 0.3) is 0 Å². The van der Waals surface area contributed by atoms with Crippen molar-refractivity contribution in [3.05, 3.63) is 40.0 Å². The van der Waals surface area contributed by atoms with E-state index in [1.807, 2.05) is 47.3 Å². The molecule has 9 heteroatoms. The van der Waals surface area contributed by atoms with Crippen LogP contribution >= 0.6 is 44.5 Å². The smallest absolute Gasteiger partial charge is 0.256 e. The summed E-state index contributed by atoms with van der Waals surface area (Å²) in [6.07, 6.45) is 4.61. The molecule has 0 fully saturated rings. The normalized spacial score (nSPS) is 18.8. The summed E-state index contributed by atoms with van der Waals surface area (Å²) in [5.74, 6) is 1.29. The Balaban J connectivity index is 0.00000280. The molecule has 28 heavy (non-hydrogen) atoms. The number of ether oxygens (including phenoxy) is 2. The first-order chi connectivity index (χ1) is 12.8. The number of halogens is 3. The summed E-state index contributed by atoms with van der Waals surface area (Å²) in [7, 11) is 7.31. The average molecular weight is 538 g/mol. The predicted octanol–water partition coefficient (Wildman–Crippen LogP) is 3.73. The molecule has 0 saturated carbocycles. The van der Waals surface area contributed by atoms with Crippen molar-refractivity contribution >= 4 is 56.1 Å². The van der Waals surface area contributed by atoms with Gasteiger partial charge in [0.25, 0.3) is 5.91 Å². The maximum absolute atomic E-state index is 13.4. The van der Waals surface area contributed by atoms with Crippen molar-refractivity contribution < 1.29 is 14.3 Å². The highest BCUT2D eigenvalue weighted by molar-refractivity contribution is 9.12. The minimum Gasteiger partial charge on any atom is -0.493 e. The fraction of sp³-hybridized carbons (Fsp3) is 0.421. The topological polar surface area (TPSA) is 45.3 Å². The zero-order valence-electron chi connectivity index (χ0n) is 16.2. The third kappa shape index (κ3) is 4.67. The molecule has 2 aliphatic heterocycles. The van der Waals surface area contributed by atoms with Crippen molar-refractivity contribution in [1.82, 2.24) is 8.83 Å². The minimum absolute atomic E-state index is 0. The summed E-state index contributed by atoms with van der Waals surface area (Å²) < 4.78 is 13.6. The van der Waals surface area contributed by atoms with Crippen LogP contribution in [0.4, 0.5) is 5.69 Å². The number of hydrogen-bond donors (Lipinski definition) is 0. The molecule has 0 bridgehead atoms. The van der Waals surface area contributed by atoms with E-state index in [0.717, 1.165) is 22.2 Å². The number of nitrogens with zero attached hydrogens (tertiary/aromatic N) is 3. The number of hydrogen-bond acceptors (Lipinski definition) is 5. The molecule has 0 aliphatic carbocycles. The summed E-state index contributed by atoms with van der Waals surface area (Å²) in [4.78, 5) is 17.4. The molecule has 1 amide bonds. The Morgan fingerprint density at radius 3 is 2.43 bits per heavy atom. The second-order valence-corrected chi connectivity index (χ2v) is 8.64. The second-order valence-electron chi connectivity index (χ2n) is 6.81. The lowest BCUT2D eigenvalue weighted by Crippen LogP contribution is -2.49. The van der Waals surface area contributed by atoms with E-state index >= 15 is 0 Å². The van der Waals surface area contributed by atoms with Crippen molar-refractivity contribution in [2.75, 3.05) is 46.3 Å². The number of allylic oxidation sites excluding steroid dienone is 2. The quantitative estimate of drug-likeness (QED) is 0.548. The number of fused-ring (bicyclic) bond motifs is 1. The molecule has 154 valence electrons. The Hall–Kier alpha value is -1.22. The number of methoxy groups -OCH3 is 2. The van der Waals surface area contributed by atoms with Gasteiger partial charge >= 0.3 is 0 Å². The Morgan fingerprint density at radius 1 is 1.21 bits per heavy atom.